The molecule has 0 aromatic rings. The van der Waals surface area contributed by atoms with E-state index in [-0.39, 0.29) is 0 Å². The Morgan fingerprint density at radius 2 is 2.12 bits per heavy atom. The van der Waals surface area contributed by atoms with Crippen molar-refractivity contribution >= 4 is 15.9 Å². The molecule has 4 heteroatoms. The first kappa shape index (κ1) is 13.8. The molecule has 2 saturated heterocycles. The first-order chi connectivity index (χ1) is 8.28. The zero-order valence-corrected chi connectivity index (χ0v) is 12.1. The number of hydrogen-bond donors (Lipinski definition) is 1. The maximum absolute atomic E-state index is 8.99. The highest BCUT2D eigenvalue weighted by Gasteiger charge is 2.35. The second kappa shape index (κ2) is 6.50. The Labute approximate surface area is 113 Å². The number of halogens is 1. The van der Waals surface area contributed by atoms with Crippen molar-refractivity contribution in [2.45, 2.75) is 25.7 Å². The minimum atomic E-state index is 0.343. The highest BCUT2D eigenvalue weighted by Crippen LogP contribution is 2.35. The fourth-order valence-corrected chi connectivity index (χ4v) is 3.83. The van der Waals surface area contributed by atoms with Crippen molar-refractivity contribution in [2.75, 3.05) is 44.8 Å². The average molecular weight is 306 g/mol. The molecule has 2 aliphatic heterocycles. The van der Waals surface area contributed by atoms with Gasteiger partial charge in [0.2, 0.25) is 0 Å². The summed E-state index contributed by atoms with van der Waals surface area (Å²) in [5, 5.41) is 10.1. The van der Waals surface area contributed by atoms with Crippen LogP contribution in [0.15, 0.2) is 0 Å². The van der Waals surface area contributed by atoms with Crippen LogP contribution < -0.4 is 0 Å². The predicted octanol–water partition coefficient (Wildman–Crippen LogP) is 1.88. The van der Waals surface area contributed by atoms with Crippen LogP contribution in [0.5, 0.6) is 0 Å². The fraction of sp³-hybridized carbons (Fsp3) is 1.00. The lowest BCUT2D eigenvalue weighted by molar-refractivity contribution is 0.0110. The van der Waals surface area contributed by atoms with Crippen LogP contribution in [0, 0.1) is 11.3 Å². The van der Waals surface area contributed by atoms with E-state index in [0.717, 1.165) is 25.0 Å². The molecule has 0 spiro atoms. The molecule has 0 amide bonds. The van der Waals surface area contributed by atoms with Gasteiger partial charge in [-0.3, -0.25) is 0 Å². The predicted molar refractivity (Wildman–Crippen MR) is 72.5 cm³/mol. The van der Waals surface area contributed by atoms with E-state index < -0.39 is 0 Å². The minimum absolute atomic E-state index is 0.343. The summed E-state index contributed by atoms with van der Waals surface area (Å²) in [6.45, 7) is 5.76. The monoisotopic (exact) mass is 305 g/mol. The molecule has 100 valence electrons. The van der Waals surface area contributed by atoms with Crippen LogP contribution >= 0.6 is 15.9 Å². The molecule has 0 bridgehead atoms. The Kier molecular flexibility index (Phi) is 5.27. The summed E-state index contributed by atoms with van der Waals surface area (Å²) in [7, 11) is 0. The van der Waals surface area contributed by atoms with E-state index in [0.29, 0.717) is 17.9 Å². The molecule has 17 heavy (non-hydrogen) atoms. The van der Waals surface area contributed by atoms with Crippen LogP contribution in [0.4, 0.5) is 0 Å². The highest BCUT2D eigenvalue weighted by atomic mass is 79.9. The molecule has 0 radical (unpaired) electrons. The normalized spacial score (nSPS) is 29.6. The second-order valence-corrected chi connectivity index (χ2v) is 6.21. The van der Waals surface area contributed by atoms with E-state index in [2.05, 4.69) is 20.8 Å². The van der Waals surface area contributed by atoms with Gasteiger partial charge in [-0.15, -0.1) is 0 Å². The third kappa shape index (κ3) is 3.66. The topological polar surface area (TPSA) is 32.7 Å². The smallest absolute Gasteiger partial charge is 0.0472 e. The van der Waals surface area contributed by atoms with Crippen LogP contribution in [0.3, 0.4) is 0 Å². The molecule has 0 aromatic heterocycles. The molecule has 0 aliphatic carbocycles. The van der Waals surface area contributed by atoms with Crippen molar-refractivity contribution in [1.82, 2.24) is 4.90 Å². The number of aliphatic hydroxyl groups excluding tert-OH is 1. The minimum Gasteiger partial charge on any atom is -0.396 e. The Balaban J connectivity index is 1.83. The van der Waals surface area contributed by atoms with Crippen molar-refractivity contribution in [1.29, 1.82) is 0 Å². The molecular formula is C13H24BrNO2. The molecule has 1 unspecified atom stereocenters. The second-order valence-electron chi connectivity index (χ2n) is 5.65. The first-order valence-corrected chi connectivity index (χ1v) is 7.87. The van der Waals surface area contributed by atoms with Crippen molar-refractivity contribution in [3.63, 3.8) is 0 Å². The van der Waals surface area contributed by atoms with Crippen molar-refractivity contribution in [2.24, 2.45) is 11.3 Å². The molecule has 1 atom stereocenters. The Morgan fingerprint density at radius 3 is 2.76 bits per heavy atom. The maximum Gasteiger partial charge on any atom is 0.0472 e. The van der Waals surface area contributed by atoms with Crippen molar-refractivity contribution in [3.05, 3.63) is 0 Å². The molecule has 2 heterocycles. The van der Waals surface area contributed by atoms with Gasteiger partial charge in [-0.25, -0.2) is 0 Å². The highest BCUT2D eigenvalue weighted by molar-refractivity contribution is 9.09. The summed E-state index contributed by atoms with van der Waals surface area (Å²) in [6.07, 6.45) is 4.59. The van der Waals surface area contributed by atoms with E-state index in [1.165, 1.54) is 38.9 Å². The zero-order valence-electron chi connectivity index (χ0n) is 10.5. The third-order valence-corrected chi connectivity index (χ3v) is 5.49. The largest absolute Gasteiger partial charge is 0.396 e. The molecule has 0 saturated carbocycles. The summed E-state index contributed by atoms with van der Waals surface area (Å²) >= 11 is 3.70. The van der Waals surface area contributed by atoms with E-state index in [9.17, 15) is 0 Å². The number of alkyl halides is 1. The quantitative estimate of drug-likeness (QED) is 0.787. The van der Waals surface area contributed by atoms with Gasteiger partial charge in [0.15, 0.2) is 0 Å². The van der Waals surface area contributed by atoms with Gasteiger partial charge >= 0.3 is 0 Å². The zero-order chi connectivity index (χ0) is 12.1. The SMILES string of the molecule is OCCC1CCN(CC2(CBr)CCOCC2)C1. The van der Waals surface area contributed by atoms with Crippen LogP contribution in [0.2, 0.25) is 0 Å². The molecule has 2 fully saturated rings. The van der Waals surface area contributed by atoms with Crippen molar-refractivity contribution < 1.29 is 9.84 Å². The molecule has 2 aliphatic rings. The van der Waals surface area contributed by atoms with Gasteiger partial charge < -0.3 is 14.7 Å². The summed E-state index contributed by atoms with van der Waals surface area (Å²) in [5.41, 5.74) is 0.423. The van der Waals surface area contributed by atoms with E-state index >= 15 is 0 Å². The number of nitrogens with zero attached hydrogens (tertiary/aromatic N) is 1. The molecular weight excluding hydrogens is 282 g/mol. The first-order valence-electron chi connectivity index (χ1n) is 6.75. The molecule has 0 aromatic carbocycles. The van der Waals surface area contributed by atoms with E-state index in [1.807, 2.05) is 0 Å². The average Bonchev–Trinajstić information content (AvgIpc) is 2.78. The number of rotatable bonds is 5. The van der Waals surface area contributed by atoms with Gasteiger partial charge in [0.1, 0.15) is 0 Å². The third-order valence-electron chi connectivity index (χ3n) is 4.30. The van der Waals surface area contributed by atoms with Gasteiger partial charge in [-0.05, 0) is 43.6 Å². The van der Waals surface area contributed by atoms with Crippen molar-refractivity contribution in [3.8, 4) is 0 Å². The summed E-state index contributed by atoms with van der Waals surface area (Å²) in [4.78, 5) is 2.59. The van der Waals surface area contributed by atoms with E-state index in [4.69, 9.17) is 9.84 Å². The molecule has 1 N–H and O–H groups in total. The van der Waals surface area contributed by atoms with Gasteiger partial charge in [-0.1, -0.05) is 15.9 Å². The van der Waals surface area contributed by atoms with Crippen LogP contribution in [0.1, 0.15) is 25.7 Å². The molecule has 3 nitrogen and oxygen atoms in total. The lowest BCUT2D eigenvalue weighted by Gasteiger charge is -2.38. The fourth-order valence-electron chi connectivity index (χ4n) is 3.09. The molecule has 2 rings (SSSR count). The lowest BCUT2D eigenvalue weighted by Crippen LogP contribution is -2.42. The number of hydrogen-bond acceptors (Lipinski definition) is 3. The van der Waals surface area contributed by atoms with Gasteiger partial charge in [0.05, 0.1) is 0 Å². The number of likely N-dealkylation sites (tertiary alicyclic amines) is 1. The number of ether oxygens (including phenoxy) is 1. The Morgan fingerprint density at radius 1 is 1.35 bits per heavy atom. The summed E-state index contributed by atoms with van der Waals surface area (Å²) < 4.78 is 5.48. The van der Waals surface area contributed by atoms with E-state index in [1.54, 1.807) is 0 Å². The van der Waals surface area contributed by atoms with Gasteiger partial charge in [0.25, 0.3) is 0 Å². The van der Waals surface area contributed by atoms with Gasteiger partial charge in [-0.2, -0.15) is 0 Å². The van der Waals surface area contributed by atoms with Gasteiger partial charge in [0, 0.05) is 38.2 Å². The Bertz CT molecular complexity index is 231. The number of aliphatic hydroxyl groups is 1. The van der Waals surface area contributed by atoms with Crippen LogP contribution in [-0.4, -0.2) is 54.8 Å². The maximum atomic E-state index is 8.99. The Hall–Kier alpha value is 0.360. The lowest BCUT2D eigenvalue weighted by atomic mass is 9.82. The standard InChI is InChI=1S/C13H24BrNO2/c14-10-13(3-7-17-8-4-13)11-15-5-1-12(9-15)2-6-16/h12,16H,1-11H2. The summed E-state index contributed by atoms with van der Waals surface area (Å²) in [5.74, 6) is 0.715. The van der Waals surface area contributed by atoms with Crippen LogP contribution in [0.25, 0.3) is 0 Å². The van der Waals surface area contributed by atoms with Crippen LogP contribution in [-0.2, 0) is 4.74 Å². The summed E-state index contributed by atoms with van der Waals surface area (Å²) in [6, 6.07) is 0.